The van der Waals surface area contributed by atoms with Crippen molar-refractivity contribution in [3.63, 3.8) is 0 Å². The summed E-state index contributed by atoms with van der Waals surface area (Å²) in [5.41, 5.74) is 6.09. The second-order valence-electron chi connectivity index (χ2n) is 8.24. The first-order chi connectivity index (χ1) is 10.2. The van der Waals surface area contributed by atoms with Crippen LogP contribution in [0.15, 0.2) is 58.9 Å². The number of hydrogen-bond donors (Lipinski definition) is 0. The Morgan fingerprint density at radius 2 is 1.28 bits per heavy atom. The van der Waals surface area contributed by atoms with Crippen LogP contribution in [0.3, 0.4) is 0 Å². The Labute approximate surface area is 186 Å². The van der Waals surface area contributed by atoms with Crippen molar-refractivity contribution in [2.75, 3.05) is 0 Å². The molecule has 25 heavy (non-hydrogen) atoms. The van der Waals surface area contributed by atoms with Crippen molar-refractivity contribution in [1.29, 1.82) is 0 Å². The molecule has 0 N–H and O–H groups in total. The molecule has 0 spiro atoms. The Morgan fingerprint density at radius 3 is 1.76 bits per heavy atom. The topological polar surface area (TPSA) is 0 Å². The summed E-state index contributed by atoms with van der Waals surface area (Å²) < 4.78 is 0. The molecule has 1 heterocycles. The third kappa shape index (κ3) is 5.08. The van der Waals surface area contributed by atoms with Crippen LogP contribution in [0.4, 0.5) is 0 Å². The minimum absolute atomic E-state index is 0. The van der Waals surface area contributed by atoms with Crippen LogP contribution in [0.2, 0.25) is 0 Å². The van der Waals surface area contributed by atoms with Gasteiger partial charge in [-0.2, -0.15) is 0 Å². The normalized spacial score (nSPS) is 16.6. The molecule has 0 radical (unpaired) electrons. The summed E-state index contributed by atoms with van der Waals surface area (Å²) in [4.78, 5) is 0. The van der Waals surface area contributed by atoms with E-state index < -0.39 is 0 Å². The van der Waals surface area contributed by atoms with E-state index >= 15 is 0 Å². The van der Waals surface area contributed by atoms with Gasteiger partial charge in [-0.25, -0.2) is 0 Å². The molecule has 4 heteroatoms. The van der Waals surface area contributed by atoms with E-state index in [1.807, 2.05) is 0 Å². The van der Waals surface area contributed by atoms with Crippen LogP contribution in [0.25, 0.3) is 5.57 Å². The Balaban J connectivity index is 0.00000192. The van der Waals surface area contributed by atoms with E-state index in [1.165, 1.54) is 41.1 Å². The van der Waals surface area contributed by atoms with Crippen molar-refractivity contribution < 1.29 is 51.0 Å². The summed E-state index contributed by atoms with van der Waals surface area (Å²) in [6, 6.07) is 10.8. The van der Waals surface area contributed by atoms with Gasteiger partial charge in [0.25, 0.3) is 0 Å². The van der Waals surface area contributed by atoms with Crippen molar-refractivity contribution in [2.45, 2.75) is 41.5 Å². The van der Waals surface area contributed by atoms with Gasteiger partial charge < -0.3 is 24.8 Å². The minimum atomic E-state index is 0. The van der Waals surface area contributed by atoms with E-state index in [-0.39, 0.29) is 61.8 Å². The summed E-state index contributed by atoms with van der Waals surface area (Å²) in [5.74, 6) is 0. The summed E-state index contributed by atoms with van der Waals surface area (Å²) in [5, 5.41) is 3.05. The van der Waals surface area contributed by atoms with Crippen molar-refractivity contribution in [3.8, 4) is 0 Å². The molecule has 0 aromatic heterocycles. The van der Waals surface area contributed by atoms with Crippen LogP contribution in [0, 0.1) is 10.8 Å². The maximum absolute atomic E-state index is 2.44. The SMILES string of the molecule is CC(C)(C)C1=PC2=C(C(C)(C)C)C=C(c3ccccc3)C2=C1.[Cl-].[Cl-].[Zr+2]. The zero-order valence-corrected chi connectivity index (χ0v) is 20.6. The summed E-state index contributed by atoms with van der Waals surface area (Å²) >= 11 is 0. The molecule has 0 bridgehead atoms. The molecule has 0 saturated carbocycles. The predicted octanol–water partition coefficient (Wildman–Crippen LogP) is 0.494. The zero-order valence-electron chi connectivity index (χ0n) is 15.7. The van der Waals surface area contributed by atoms with Crippen LogP contribution >= 0.6 is 8.20 Å². The Hall–Kier alpha value is 0.0731. The first-order valence-electron chi connectivity index (χ1n) is 8.01. The van der Waals surface area contributed by atoms with Crippen LogP contribution < -0.4 is 24.8 Å². The predicted molar refractivity (Wildman–Crippen MR) is 100 cm³/mol. The van der Waals surface area contributed by atoms with E-state index in [1.54, 1.807) is 0 Å². The third-order valence-corrected chi connectivity index (χ3v) is 6.01. The van der Waals surface area contributed by atoms with Crippen LogP contribution in [0.5, 0.6) is 0 Å². The molecule has 3 rings (SSSR count). The quantitative estimate of drug-likeness (QED) is 0.525. The third-order valence-electron chi connectivity index (χ3n) is 4.26. The molecule has 1 aromatic rings. The van der Waals surface area contributed by atoms with E-state index in [9.17, 15) is 0 Å². The Bertz CT molecular complexity index is 742. The minimum Gasteiger partial charge on any atom is -1.00 e. The van der Waals surface area contributed by atoms with Gasteiger partial charge in [-0.3, -0.25) is 0 Å². The van der Waals surface area contributed by atoms with Gasteiger partial charge >= 0.3 is 26.2 Å². The molecule has 2 aliphatic rings. The fraction of sp³-hybridized carbons (Fsp3) is 0.381. The zero-order chi connectivity index (χ0) is 16.1. The van der Waals surface area contributed by atoms with Gasteiger partial charge in [0.05, 0.1) is 0 Å². The second-order valence-corrected chi connectivity index (χ2v) is 9.39. The summed E-state index contributed by atoms with van der Waals surface area (Å²) in [6.45, 7) is 13.9. The molecule has 1 aromatic carbocycles. The molecule has 0 saturated heterocycles. The van der Waals surface area contributed by atoms with E-state index in [4.69, 9.17) is 0 Å². The molecule has 0 nitrogen and oxygen atoms in total. The van der Waals surface area contributed by atoms with Crippen LogP contribution in [0.1, 0.15) is 47.1 Å². The van der Waals surface area contributed by atoms with Gasteiger partial charge in [0, 0.05) is 5.31 Å². The standard InChI is InChI=1S/C21H25P.2ClH.Zr/c1-20(2,3)17-12-15(14-10-8-7-9-11-14)16-13-18(21(4,5)6)22-19(16)17;;;/h7-13H,1-6H3;2*1H;/q;;;+2/p-2. The fourth-order valence-corrected chi connectivity index (χ4v) is 4.53. The number of allylic oxidation sites excluding steroid dienone is 6. The van der Waals surface area contributed by atoms with Crippen molar-refractivity contribution in [1.82, 2.24) is 0 Å². The molecule has 0 atom stereocenters. The first-order valence-corrected chi connectivity index (χ1v) is 8.91. The van der Waals surface area contributed by atoms with Crippen molar-refractivity contribution in [2.24, 2.45) is 10.8 Å². The van der Waals surface area contributed by atoms with Gasteiger partial charge in [0.2, 0.25) is 0 Å². The summed E-state index contributed by atoms with van der Waals surface area (Å²) in [6.07, 6.45) is 4.86. The first kappa shape index (κ1) is 25.1. The molecular formula is C21H25Cl2PZr. The van der Waals surface area contributed by atoms with Crippen molar-refractivity contribution in [3.05, 3.63) is 64.5 Å². The van der Waals surface area contributed by atoms with Crippen molar-refractivity contribution >= 4 is 19.1 Å². The monoisotopic (exact) mass is 468 g/mol. The molecule has 132 valence electrons. The van der Waals surface area contributed by atoms with Gasteiger partial charge in [0.1, 0.15) is 0 Å². The number of rotatable bonds is 1. The Morgan fingerprint density at radius 1 is 0.720 bits per heavy atom. The van der Waals surface area contributed by atoms with Gasteiger partial charge in [-0.1, -0.05) is 80.1 Å². The molecule has 0 fully saturated rings. The Kier molecular flexibility index (Phi) is 8.87. The molecule has 0 amide bonds. The van der Waals surface area contributed by atoms with E-state index in [0.29, 0.717) is 0 Å². The number of halogens is 2. The van der Waals surface area contributed by atoms with Crippen LogP contribution in [-0.4, -0.2) is 5.29 Å². The summed E-state index contributed by atoms with van der Waals surface area (Å²) in [7, 11) is 1.40. The number of fused-ring (bicyclic) bond motifs is 1. The molecule has 0 unspecified atom stereocenters. The fourth-order valence-electron chi connectivity index (χ4n) is 2.93. The van der Waals surface area contributed by atoms with Crippen LogP contribution in [-0.2, 0) is 26.2 Å². The maximum atomic E-state index is 2.44. The second kappa shape index (κ2) is 8.84. The average Bonchev–Trinajstić information content (AvgIpc) is 2.96. The smallest absolute Gasteiger partial charge is 1.00 e. The molecule has 1 aliphatic carbocycles. The molecular weight excluding hydrogens is 445 g/mol. The van der Waals surface area contributed by atoms with Gasteiger partial charge in [0.15, 0.2) is 0 Å². The number of hydrogen-bond acceptors (Lipinski definition) is 0. The van der Waals surface area contributed by atoms with E-state index in [2.05, 4.69) is 84.0 Å². The van der Waals surface area contributed by atoms with Gasteiger partial charge in [-0.05, 0) is 50.6 Å². The maximum Gasteiger partial charge on any atom is 2.00 e. The van der Waals surface area contributed by atoms with E-state index in [0.717, 1.165) is 0 Å². The molecule has 1 aliphatic heterocycles. The van der Waals surface area contributed by atoms with Gasteiger partial charge in [-0.15, -0.1) is 0 Å². The number of benzene rings is 1. The largest absolute Gasteiger partial charge is 2.00 e. The average molecular weight is 471 g/mol.